The Hall–Kier alpha value is -1.06. The Morgan fingerprint density at radius 2 is 1.50 bits per heavy atom. The molecule has 1 aromatic carbocycles. The number of rotatable bonds is 1. The molecule has 1 rings (SSSR count). The Bertz CT molecular complexity index is 247. The smallest absolute Gasteiger partial charge is 0.239 e. The summed E-state index contributed by atoms with van der Waals surface area (Å²) >= 11 is 0. The molecule has 0 heterocycles. The van der Waals surface area contributed by atoms with Crippen LogP contribution in [0, 0.1) is 6.67 Å². The van der Waals surface area contributed by atoms with E-state index in [1.165, 1.54) is 0 Å². The van der Waals surface area contributed by atoms with E-state index in [9.17, 15) is 17.6 Å². The van der Waals surface area contributed by atoms with Crippen LogP contribution < -0.4 is 0 Å². The van der Waals surface area contributed by atoms with Crippen molar-refractivity contribution in [3.8, 4) is 0 Å². The minimum absolute atomic E-state index is 0.128. The van der Waals surface area contributed by atoms with Gasteiger partial charge in [-0.2, -0.15) is 13.2 Å². The van der Waals surface area contributed by atoms with Crippen LogP contribution in [0.25, 0.3) is 0 Å². The van der Waals surface area contributed by atoms with Crippen molar-refractivity contribution in [1.82, 2.24) is 0 Å². The molecule has 0 unspecified atom stereocenters. The first kappa shape index (κ1) is 9.03. The number of hydrogen-bond acceptors (Lipinski definition) is 0. The van der Waals surface area contributed by atoms with Crippen molar-refractivity contribution in [2.45, 2.75) is 6.18 Å². The summed E-state index contributed by atoms with van der Waals surface area (Å²) in [6.07, 6.45) is -4.35. The predicted molar refractivity (Wildman–Crippen MR) is 36.0 cm³/mol. The fraction of sp³-hybridized carbons (Fsp3) is 0.125. The first-order valence-corrected chi connectivity index (χ1v) is 3.15. The molecule has 0 fully saturated rings. The van der Waals surface area contributed by atoms with E-state index in [-0.39, 0.29) is 12.2 Å². The van der Waals surface area contributed by atoms with Gasteiger partial charge in [-0.15, -0.1) is 0 Å². The molecule has 4 heteroatoms. The second-order valence-corrected chi connectivity index (χ2v) is 2.23. The van der Waals surface area contributed by atoms with E-state index in [0.29, 0.717) is 0 Å². The first-order valence-electron chi connectivity index (χ1n) is 3.15. The highest BCUT2D eigenvalue weighted by atomic mass is 19.4. The van der Waals surface area contributed by atoms with Crippen molar-refractivity contribution in [2.24, 2.45) is 0 Å². The lowest BCUT2D eigenvalue weighted by Crippen LogP contribution is -2.04. The van der Waals surface area contributed by atoms with Crippen molar-refractivity contribution < 1.29 is 17.6 Å². The maximum Gasteiger partial charge on any atom is 0.416 e. The van der Waals surface area contributed by atoms with Gasteiger partial charge in [0.05, 0.1) is 5.56 Å². The average Bonchev–Trinajstić information content (AvgIpc) is 2.03. The van der Waals surface area contributed by atoms with Gasteiger partial charge in [0, 0.05) is 0 Å². The summed E-state index contributed by atoms with van der Waals surface area (Å²) in [7, 11) is 0. The molecule has 0 nitrogen and oxygen atoms in total. The topological polar surface area (TPSA) is 0 Å². The second-order valence-electron chi connectivity index (χ2n) is 2.23. The summed E-state index contributed by atoms with van der Waals surface area (Å²) in [5.41, 5.74) is -0.643. The highest BCUT2D eigenvalue weighted by Gasteiger charge is 2.29. The first-order chi connectivity index (χ1) is 5.54. The lowest BCUT2D eigenvalue weighted by molar-refractivity contribution is -0.137. The molecule has 0 bridgehead atoms. The molecule has 12 heavy (non-hydrogen) atoms. The maximum absolute atomic E-state index is 11.9. The molecule has 0 aromatic heterocycles. The molecule has 0 atom stereocenters. The van der Waals surface area contributed by atoms with E-state index in [1.54, 1.807) is 0 Å². The molecule has 0 saturated carbocycles. The van der Waals surface area contributed by atoms with Crippen LogP contribution in [-0.2, 0) is 6.18 Å². The number of benzene rings is 1. The summed E-state index contributed by atoms with van der Waals surface area (Å²) in [5.74, 6) is 0. The minimum Gasteiger partial charge on any atom is -0.239 e. The maximum atomic E-state index is 11.9. The molecule has 0 aliphatic heterocycles. The van der Waals surface area contributed by atoms with Gasteiger partial charge in [-0.3, -0.25) is 0 Å². The van der Waals surface area contributed by atoms with Crippen molar-refractivity contribution in [1.29, 1.82) is 0 Å². The lowest BCUT2D eigenvalue weighted by Gasteiger charge is -2.05. The summed E-state index contributed by atoms with van der Waals surface area (Å²) < 4.78 is 47.5. The normalized spacial score (nSPS) is 11.7. The largest absolute Gasteiger partial charge is 0.416 e. The van der Waals surface area contributed by atoms with Crippen LogP contribution in [0.15, 0.2) is 24.3 Å². The molecule has 0 aliphatic carbocycles. The van der Waals surface area contributed by atoms with Gasteiger partial charge in [0.15, 0.2) is 6.67 Å². The van der Waals surface area contributed by atoms with Gasteiger partial charge in [0.25, 0.3) is 0 Å². The van der Waals surface area contributed by atoms with E-state index in [1.807, 2.05) is 0 Å². The van der Waals surface area contributed by atoms with Crippen molar-refractivity contribution in [3.63, 3.8) is 0 Å². The van der Waals surface area contributed by atoms with E-state index in [2.05, 4.69) is 0 Å². The number of halogens is 4. The summed E-state index contributed by atoms with van der Waals surface area (Å²) in [6, 6.07) is 3.82. The van der Waals surface area contributed by atoms with Crippen molar-refractivity contribution in [2.75, 3.05) is 0 Å². The fourth-order valence-electron chi connectivity index (χ4n) is 0.745. The SMILES string of the molecule is F[CH]c1ccc(C(F)(F)F)cc1. The zero-order valence-corrected chi connectivity index (χ0v) is 5.90. The predicted octanol–water partition coefficient (Wildman–Crippen LogP) is 3.18. The van der Waals surface area contributed by atoms with Crippen molar-refractivity contribution >= 4 is 0 Å². The molecule has 0 amide bonds. The van der Waals surface area contributed by atoms with Gasteiger partial charge < -0.3 is 0 Å². The molecule has 1 aromatic rings. The molecule has 1 radical (unpaired) electrons. The zero-order valence-electron chi connectivity index (χ0n) is 5.90. The van der Waals surface area contributed by atoms with Gasteiger partial charge in [0.2, 0.25) is 0 Å². The van der Waals surface area contributed by atoms with Gasteiger partial charge in [0.1, 0.15) is 0 Å². The van der Waals surface area contributed by atoms with Gasteiger partial charge in [-0.1, -0.05) is 12.1 Å². The van der Waals surface area contributed by atoms with E-state index in [0.717, 1.165) is 24.3 Å². The van der Waals surface area contributed by atoms with Crippen LogP contribution in [0.4, 0.5) is 17.6 Å². The highest BCUT2D eigenvalue weighted by Crippen LogP contribution is 2.29. The summed E-state index contributed by atoms with van der Waals surface area (Å²) in [4.78, 5) is 0. The van der Waals surface area contributed by atoms with E-state index < -0.39 is 11.7 Å². The average molecular weight is 177 g/mol. The van der Waals surface area contributed by atoms with Crippen LogP contribution in [-0.4, -0.2) is 0 Å². The standard InChI is InChI=1S/C8H5F4/c9-5-6-1-3-7(4-2-6)8(10,11)12/h1-5H. The molecular formula is C8H5F4. The number of hydrogen-bond donors (Lipinski definition) is 0. The quantitative estimate of drug-likeness (QED) is 0.578. The zero-order chi connectivity index (χ0) is 9.19. The van der Waals surface area contributed by atoms with Gasteiger partial charge in [-0.05, 0) is 17.7 Å². The Labute approximate surface area is 66.8 Å². The fourth-order valence-corrected chi connectivity index (χ4v) is 0.745. The van der Waals surface area contributed by atoms with Crippen LogP contribution in [0.1, 0.15) is 11.1 Å². The monoisotopic (exact) mass is 177 g/mol. The third kappa shape index (κ3) is 1.96. The summed E-state index contributed by atoms with van der Waals surface area (Å²) in [5, 5.41) is 0. The summed E-state index contributed by atoms with van der Waals surface area (Å²) in [6.45, 7) is 0.250. The Balaban J connectivity index is 2.93. The van der Waals surface area contributed by atoms with Crippen LogP contribution in [0.2, 0.25) is 0 Å². The Kier molecular flexibility index (Phi) is 2.35. The van der Waals surface area contributed by atoms with E-state index in [4.69, 9.17) is 0 Å². The van der Waals surface area contributed by atoms with Crippen LogP contribution >= 0.6 is 0 Å². The third-order valence-electron chi connectivity index (χ3n) is 1.36. The molecule has 0 aliphatic rings. The van der Waals surface area contributed by atoms with Gasteiger partial charge in [-0.25, -0.2) is 4.39 Å². The van der Waals surface area contributed by atoms with Crippen LogP contribution in [0.5, 0.6) is 0 Å². The molecule has 65 valence electrons. The molecule has 0 spiro atoms. The Morgan fingerprint density at radius 1 is 1.00 bits per heavy atom. The molecule has 0 N–H and O–H groups in total. The highest BCUT2D eigenvalue weighted by molar-refractivity contribution is 5.27. The molecular weight excluding hydrogens is 172 g/mol. The second kappa shape index (κ2) is 3.13. The number of alkyl halides is 3. The van der Waals surface area contributed by atoms with Gasteiger partial charge >= 0.3 is 6.18 Å². The lowest BCUT2D eigenvalue weighted by atomic mass is 10.1. The molecule has 0 saturated heterocycles. The third-order valence-corrected chi connectivity index (χ3v) is 1.36. The van der Waals surface area contributed by atoms with Crippen molar-refractivity contribution in [3.05, 3.63) is 42.1 Å². The van der Waals surface area contributed by atoms with E-state index >= 15 is 0 Å². The Morgan fingerprint density at radius 3 is 1.83 bits per heavy atom. The minimum atomic E-state index is -4.35. The van der Waals surface area contributed by atoms with Crippen LogP contribution in [0.3, 0.4) is 0 Å².